The Hall–Kier alpha value is -3.58. The molecule has 0 bridgehead atoms. The zero-order valence-electron chi connectivity index (χ0n) is 16.4. The van der Waals surface area contributed by atoms with Gasteiger partial charge in [-0.25, -0.2) is 23.0 Å². The van der Waals surface area contributed by atoms with E-state index < -0.39 is 15.5 Å². The highest BCUT2D eigenvalue weighted by Gasteiger charge is 2.23. The number of aromatic nitrogens is 2. The van der Waals surface area contributed by atoms with Crippen LogP contribution in [-0.2, 0) is 21.9 Å². The minimum Gasteiger partial charge on any atom is -0.492 e. The van der Waals surface area contributed by atoms with Gasteiger partial charge in [-0.05, 0) is 35.9 Å². The van der Waals surface area contributed by atoms with Crippen molar-refractivity contribution in [3.63, 3.8) is 0 Å². The lowest BCUT2D eigenvalue weighted by Crippen LogP contribution is -2.03. The molecule has 31 heavy (non-hydrogen) atoms. The quantitative estimate of drug-likeness (QED) is 0.596. The fourth-order valence-corrected chi connectivity index (χ4v) is 4.41. The van der Waals surface area contributed by atoms with Gasteiger partial charge in [-0.15, -0.1) is 4.36 Å². The highest BCUT2D eigenvalue weighted by molar-refractivity contribution is 7.92. The predicted octanol–water partition coefficient (Wildman–Crippen LogP) is 4.18. The number of pyridine rings is 2. The van der Waals surface area contributed by atoms with E-state index >= 15 is 0 Å². The molecule has 1 N–H and O–H groups in total. The van der Waals surface area contributed by atoms with E-state index in [1.807, 2.05) is 0 Å². The van der Waals surface area contributed by atoms with Crippen LogP contribution >= 0.6 is 0 Å². The summed E-state index contributed by atoms with van der Waals surface area (Å²) in [5.74, 6) is 0.196. The van der Waals surface area contributed by atoms with Crippen LogP contribution in [0.5, 0.6) is 5.75 Å². The molecule has 1 unspecified atom stereocenters. The Kier molecular flexibility index (Phi) is 5.52. The zero-order valence-corrected chi connectivity index (χ0v) is 17.2. The second-order valence-electron chi connectivity index (χ2n) is 7.02. The summed E-state index contributed by atoms with van der Waals surface area (Å²) in [6.07, 6.45) is 5.99. The third-order valence-corrected chi connectivity index (χ3v) is 6.03. The van der Waals surface area contributed by atoms with E-state index in [0.717, 1.165) is 6.20 Å². The van der Waals surface area contributed by atoms with Crippen molar-refractivity contribution in [3.05, 3.63) is 65.5 Å². The number of fused-ring (bicyclic) bond motifs is 1. The molecule has 0 amide bonds. The van der Waals surface area contributed by atoms with Gasteiger partial charge in [0.05, 0.1) is 28.3 Å². The summed E-state index contributed by atoms with van der Waals surface area (Å²) >= 11 is 0. The van der Waals surface area contributed by atoms with Gasteiger partial charge in [0.15, 0.2) is 0 Å². The van der Waals surface area contributed by atoms with E-state index in [0.29, 0.717) is 47.1 Å². The van der Waals surface area contributed by atoms with E-state index in [-0.39, 0.29) is 17.1 Å². The van der Waals surface area contributed by atoms with Gasteiger partial charge < -0.3 is 10.1 Å². The Morgan fingerprint density at radius 1 is 1.19 bits per heavy atom. The second-order valence-corrected chi connectivity index (χ2v) is 9.41. The molecule has 0 saturated heterocycles. The Balaban J connectivity index is 1.65. The topological polar surface area (TPSA) is 100 Å². The molecule has 1 aliphatic rings. The third kappa shape index (κ3) is 4.46. The van der Waals surface area contributed by atoms with Crippen LogP contribution < -0.4 is 10.1 Å². The minimum absolute atomic E-state index is 0.0823. The van der Waals surface area contributed by atoms with Crippen LogP contribution in [0.2, 0.25) is 0 Å². The molecule has 0 fully saturated rings. The molecule has 0 saturated carbocycles. The van der Waals surface area contributed by atoms with Gasteiger partial charge in [-0.3, -0.25) is 0 Å². The molecule has 3 aromatic rings. The number of halogens is 2. The van der Waals surface area contributed by atoms with Gasteiger partial charge in [0.2, 0.25) is 6.19 Å². The first kappa shape index (κ1) is 20.7. The number of anilines is 2. The normalized spacial score (nSPS) is 14.1. The van der Waals surface area contributed by atoms with E-state index in [9.17, 15) is 13.0 Å². The Morgan fingerprint density at radius 3 is 2.81 bits per heavy atom. The monoisotopic (exact) mass is 441 g/mol. The lowest BCUT2D eigenvalue weighted by molar-refractivity contribution is 0.358. The van der Waals surface area contributed by atoms with Crippen molar-refractivity contribution in [2.24, 2.45) is 4.36 Å². The van der Waals surface area contributed by atoms with Crippen molar-refractivity contribution in [1.82, 2.24) is 9.97 Å². The fourth-order valence-electron chi connectivity index (χ4n) is 3.37. The molecule has 1 aromatic carbocycles. The number of benzene rings is 1. The average Bonchev–Trinajstić information content (AvgIpc) is 3.21. The Bertz CT molecular complexity index is 1330. The minimum atomic E-state index is -2.68. The molecule has 2 aromatic heterocycles. The number of ether oxygens (including phenoxy) is 1. The summed E-state index contributed by atoms with van der Waals surface area (Å²) in [4.78, 5) is 8.24. The first-order valence-electron chi connectivity index (χ1n) is 9.26. The molecule has 0 radical (unpaired) electrons. The van der Waals surface area contributed by atoms with Crippen LogP contribution in [0.25, 0.3) is 11.1 Å². The van der Waals surface area contributed by atoms with Crippen molar-refractivity contribution >= 4 is 21.4 Å². The van der Waals surface area contributed by atoms with Gasteiger partial charge >= 0.3 is 0 Å². The highest BCUT2D eigenvalue weighted by Crippen LogP contribution is 2.39. The molecule has 4 rings (SSSR count). The standard InChI is InChI=1S/C21H17F2N5O2S/c1-31(29,27-12-24)11-13-4-6-25-19(8-13)28-20-9-16(18(23)10-26-20)14-2-3-17(22)15-5-7-30-21(14)15/h2-4,6,8-10H,5,7,11H2,1H3,(H,25,26,28). The van der Waals surface area contributed by atoms with Gasteiger partial charge in [0.1, 0.15) is 29.0 Å². The van der Waals surface area contributed by atoms with Crippen LogP contribution in [0.15, 0.2) is 47.1 Å². The van der Waals surface area contributed by atoms with Crippen LogP contribution in [0, 0.1) is 23.1 Å². The second kappa shape index (κ2) is 8.28. The molecule has 1 aliphatic heterocycles. The SMILES string of the molecule is CS(=O)(Cc1ccnc(Nc2cc(-c3ccc(F)c4c3OCC4)c(F)cn2)c1)=NC#N. The number of nitriles is 1. The molecule has 0 aliphatic carbocycles. The smallest absolute Gasteiger partial charge is 0.214 e. The van der Waals surface area contributed by atoms with Crippen LogP contribution in [-0.4, -0.2) is 27.0 Å². The molecule has 0 spiro atoms. The largest absolute Gasteiger partial charge is 0.492 e. The maximum absolute atomic E-state index is 14.6. The molecular formula is C21H17F2N5O2S. The van der Waals surface area contributed by atoms with E-state index in [2.05, 4.69) is 19.6 Å². The molecule has 1 atom stereocenters. The van der Waals surface area contributed by atoms with Crippen LogP contribution in [0.3, 0.4) is 0 Å². The molecule has 7 nitrogen and oxygen atoms in total. The van der Waals surface area contributed by atoms with Gasteiger partial charge in [0, 0.05) is 35.6 Å². The summed E-state index contributed by atoms with van der Waals surface area (Å²) in [6, 6.07) is 7.60. The van der Waals surface area contributed by atoms with Gasteiger partial charge in [-0.2, -0.15) is 5.26 Å². The molecular weight excluding hydrogens is 424 g/mol. The first-order chi connectivity index (χ1) is 14.9. The third-order valence-electron chi connectivity index (χ3n) is 4.70. The number of nitrogens with one attached hydrogen (secondary N) is 1. The summed E-state index contributed by atoms with van der Waals surface area (Å²) in [6.45, 7) is 0.344. The number of hydrogen-bond donors (Lipinski definition) is 1. The van der Waals surface area contributed by atoms with Gasteiger partial charge in [0.25, 0.3) is 0 Å². The lowest BCUT2D eigenvalue weighted by atomic mass is 10.0. The summed E-state index contributed by atoms with van der Waals surface area (Å²) < 4.78 is 49.8. The van der Waals surface area contributed by atoms with Crippen LogP contribution in [0.1, 0.15) is 11.1 Å². The lowest BCUT2D eigenvalue weighted by Gasteiger charge is -2.12. The highest BCUT2D eigenvalue weighted by atomic mass is 32.2. The Morgan fingerprint density at radius 2 is 2.00 bits per heavy atom. The maximum atomic E-state index is 14.6. The first-order valence-corrected chi connectivity index (χ1v) is 11.4. The average molecular weight is 441 g/mol. The van der Waals surface area contributed by atoms with Crippen molar-refractivity contribution in [2.45, 2.75) is 12.2 Å². The summed E-state index contributed by atoms with van der Waals surface area (Å²) in [5, 5.41) is 11.6. The van der Waals surface area contributed by atoms with Crippen molar-refractivity contribution < 1.29 is 17.7 Å². The van der Waals surface area contributed by atoms with E-state index in [1.165, 1.54) is 30.7 Å². The number of nitrogens with zero attached hydrogens (tertiary/aromatic N) is 4. The summed E-state index contributed by atoms with van der Waals surface area (Å²) in [5.41, 5.74) is 1.76. The van der Waals surface area contributed by atoms with Gasteiger partial charge in [-0.1, -0.05) is 0 Å². The van der Waals surface area contributed by atoms with E-state index in [4.69, 9.17) is 10.00 Å². The van der Waals surface area contributed by atoms with E-state index in [1.54, 1.807) is 18.3 Å². The summed E-state index contributed by atoms with van der Waals surface area (Å²) in [7, 11) is -2.68. The molecule has 3 heterocycles. The molecule has 158 valence electrons. The van der Waals surface area contributed by atoms with Crippen molar-refractivity contribution in [1.29, 1.82) is 5.26 Å². The zero-order chi connectivity index (χ0) is 22.0. The maximum Gasteiger partial charge on any atom is 0.214 e. The predicted molar refractivity (Wildman–Crippen MR) is 112 cm³/mol. The number of hydrogen-bond acceptors (Lipinski definition) is 7. The molecule has 10 heteroatoms. The van der Waals surface area contributed by atoms with Crippen LogP contribution in [0.4, 0.5) is 20.4 Å². The fraction of sp³-hybridized carbons (Fsp3) is 0.190. The van der Waals surface area contributed by atoms with Crippen molar-refractivity contribution in [3.8, 4) is 23.1 Å². The Labute approximate surface area is 177 Å². The van der Waals surface area contributed by atoms with Crippen molar-refractivity contribution in [2.75, 3.05) is 18.2 Å². The number of rotatable bonds is 5.